The predicted molar refractivity (Wildman–Crippen MR) is 85.1 cm³/mol. The maximum atomic E-state index is 4.78. The van der Waals surface area contributed by atoms with E-state index < -0.39 is 0 Å². The Bertz CT molecular complexity index is 500. The monoisotopic (exact) mass is 292 g/mol. The van der Waals surface area contributed by atoms with Crippen LogP contribution < -0.4 is 5.32 Å². The van der Waals surface area contributed by atoms with E-state index in [1.54, 1.807) is 0 Å². The SMILES string of the molecule is CCc1nn(C)cc1CN=C1NC2(CCCCC2)CS1. The molecule has 1 N–H and O–H groups in total. The molecule has 1 aromatic heterocycles. The summed E-state index contributed by atoms with van der Waals surface area (Å²) < 4.78 is 1.90. The Morgan fingerprint density at radius 2 is 2.20 bits per heavy atom. The van der Waals surface area contributed by atoms with Gasteiger partial charge in [0.2, 0.25) is 0 Å². The van der Waals surface area contributed by atoms with Crippen LogP contribution in [0.15, 0.2) is 11.2 Å². The van der Waals surface area contributed by atoms with Gasteiger partial charge in [-0.3, -0.25) is 9.67 Å². The summed E-state index contributed by atoms with van der Waals surface area (Å²) in [5.74, 6) is 1.19. The van der Waals surface area contributed by atoms with Gasteiger partial charge in [-0.15, -0.1) is 0 Å². The number of hydrogen-bond donors (Lipinski definition) is 1. The molecule has 1 aliphatic heterocycles. The van der Waals surface area contributed by atoms with Crippen LogP contribution in [0.2, 0.25) is 0 Å². The third kappa shape index (κ3) is 2.87. The zero-order valence-electron chi connectivity index (χ0n) is 12.5. The number of rotatable bonds is 3. The van der Waals surface area contributed by atoms with Crippen LogP contribution in [0.4, 0.5) is 0 Å². The zero-order valence-corrected chi connectivity index (χ0v) is 13.3. The topological polar surface area (TPSA) is 42.2 Å². The zero-order chi connectivity index (χ0) is 14.0. The van der Waals surface area contributed by atoms with E-state index in [0.29, 0.717) is 5.54 Å². The Labute approximate surface area is 125 Å². The van der Waals surface area contributed by atoms with Crippen LogP contribution in [0.25, 0.3) is 0 Å². The van der Waals surface area contributed by atoms with Gasteiger partial charge in [0.05, 0.1) is 12.2 Å². The highest BCUT2D eigenvalue weighted by atomic mass is 32.2. The Morgan fingerprint density at radius 1 is 1.40 bits per heavy atom. The van der Waals surface area contributed by atoms with Crippen LogP contribution in [0.1, 0.15) is 50.3 Å². The molecule has 3 rings (SSSR count). The molecule has 0 amide bonds. The highest BCUT2D eigenvalue weighted by Crippen LogP contribution is 2.36. The molecule has 20 heavy (non-hydrogen) atoms. The van der Waals surface area contributed by atoms with Crippen molar-refractivity contribution in [2.75, 3.05) is 5.75 Å². The van der Waals surface area contributed by atoms with E-state index in [1.165, 1.54) is 49.1 Å². The molecule has 0 radical (unpaired) electrons. The van der Waals surface area contributed by atoms with Crippen molar-refractivity contribution in [2.24, 2.45) is 12.0 Å². The van der Waals surface area contributed by atoms with Crippen molar-refractivity contribution in [3.05, 3.63) is 17.5 Å². The van der Waals surface area contributed by atoms with Gasteiger partial charge < -0.3 is 5.32 Å². The van der Waals surface area contributed by atoms with Crippen molar-refractivity contribution in [3.63, 3.8) is 0 Å². The minimum atomic E-state index is 0.351. The third-order valence-electron chi connectivity index (χ3n) is 4.39. The number of amidine groups is 1. The summed E-state index contributed by atoms with van der Waals surface area (Å²) >= 11 is 1.90. The molecule has 1 aliphatic carbocycles. The second-order valence-electron chi connectivity index (χ2n) is 6.00. The first kappa shape index (κ1) is 14.0. The van der Waals surface area contributed by atoms with Crippen molar-refractivity contribution in [3.8, 4) is 0 Å². The van der Waals surface area contributed by atoms with Crippen molar-refractivity contribution in [2.45, 2.75) is 57.5 Å². The minimum Gasteiger partial charge on any atom is -0.359 e. The lowest BCUT2D eigenvalue weighted by Gasteiger charge is -2.32. The van der Waals surface area contributed by atoms with Crippen LogP contribution >= 0.6 is 11.8 Å². The molecule has 2 heterocycles. The lowest BCUT2D eigenvalue weighted by atomic mass is 9.83. The molecule has 1 spiro atoms. The van der Waals surface area contributed by atoms with Crippen molar-refractivity contribution in [1.29, 1.82) is 0 Å². The number of nitrogens with one attached hydrogen (secondary N) is 1. The van der Waals surface area contributed by atoms with E-state index in [0.717, 1.165) is 18.1 Å². The molecule has 1 saturated heterocycles. The van der Waals surface area contributed by atoms with Crippen molar-refractivity contribution in [1.82, 2.24) is 15.1 Å². The van der Waals surface area contributed by atoms with Gasteiger partial charge in [-0.05, 0) is 19.3 Å². The first-order chi connectivity index (χ1) is 9.71. The molecule has 4 nitrogen and oxygen atoms in total. The summed E-state index contributed by atoms with van der Waals surface area (Å²) in [6.45, 7) is 2.90. The lowest BCUT2D eigenvalue weighted by Crippen LogP contribution is -2.45. The largest absolute Gasteiger partial charge is 0.359 e. The van der Waals surface area contributed by atoms with E-state index in [-0.39, 0.29) is 0 Å². The maximum Gasteiger partial charge on any atom is 0.157 e. The van der Waals surface area contributed by atoms with E-state index in [9.17, 15) is 0 Å². The average molecular weight is 292 g/mol. The number of nitrogens with zero attached hydrogens (tertiary/aromatic N) is 3. The molecule has 0 bridgehead atoms. The predicted octanol–water partition coefficient (Wildman–Crippen LogP) is 2.88. The highest BCUT2D eigenvalue weighted by molar-refractivity contribution is 8.14. The number of thioether (sulfide) groups is 1. The average Bonchev–Trinajstić information content (AvgIpc) is 3.01. The first-order valence-corrected chi connectivity index (χ1v) is 8.66. The van der Waals surface area contributed by atoms with E-state index in [1.807, 2.05) is 23.5 Å². The number of aromatic nitrogens is 2. The van der Waals surface area contributed by atoms with E-state index in [4.69, 9.17) is 4.99 Å². The van der Waals surface area contributed by atoms with Gasteiger partial charge in [0.15, 0.2) is 5.17 Å². The second-order valence-corrected chi connectivity index (χ2v) is 6.97. The molecule has 2 aliphatic rings. The number of hydrogen-bond acceptors (Lipinski definition) is 3. The number of aryl methyl sites for hydroxylation is 2. The molecular weight excluding hydrogens is 268 g/mol. The summed E-state index contributed by atoms with van der Waals surface area (Å²) in [5, 5.41) is 9.32. The van der Waals surface area contributed by atoms with Gasteiger partial charge in [-0.1, -0.05) is 37.9 Å². The molecule has 1 aromatic rings. The van der Waals surface area contributed by atoms with Crippen LogP contribution in [-0.4, -0.2) is 26.2 Å². The lowest BCUT2D eigenvalue weighted by molar-refractivity contribution is 0.303. The van der Waals surface area contributed by atoms with Gasteiger partial charge in [0.1, 0.15) is 0 Å². The molecule has 0 aromatic carbocycles. The first-order valence-electron chi connectivity index (χ1n) is 7.68. The summed E-state index contributed by atoms with van der Waals surface area (Å²) in [6, 6.07) is 0. The van der Waals surface area contributed by atoms with Gasteiger partial charge in [0.25, 0.3) is 0 Å². The Morgan fingerprint density at radius 3 is 2.95 bits per heavy atom. The Kier molecular flexibility index (Phi) is 4.06. The quantitative estimate of drug-likeness (QED) is 0.931. The standard InChI is InChI=1S/C15H24N4S/c1-3-13-12(10-19(2)18-13)9-16-14-17-15(11-20-14)7-5-4-6-8-15/h10H,3-9,11H2,1-2H3,(H,16,17). The summed E-state index contributed by atoms with van der Waals surface area (Å²) in [5.41, 5.74) is 2.78. The molecular formula is C15H24N4S. The normalized spacial score (nSPS) is 23.4. The second kappa shape index (κ2) is 5.80. The maximum absolute atomic E-state index is 4.78. The van der Waals surface area contributed by atoms with Crippen LogP contribution in [0, 0.1) is 0 Å². The summed E-state index contributed by atoms with van der Waals surface area (Å²) in [6.07, 6.45) is 9.83. The minimum absolute atomic E-state index is 0.351. The van der Waals surface area contributed by atoms with Gasteiger partial charge in [-0.25, -0.2) is 0 Å². The van der Waals surface area contributed by atoms with E-state index in [2.05, 4.69) is 23.5 Å². The summed E-state index contributed by atoms with van der Waals surface area (Å²) in [7, 11) is 1.98. The van der Waals surface area contributed by atoms with Crippen LogP contribution in [-0.2, 0) is 20.0 Å². The molecule has 110 valence electrons. The Balaban J connectivity index is 1.65. The van der Waals surface area contributed by atoms with Crippen molar-refractivity contribution < 1.29 is 0 Å². The van der Waals surface area contributed by atoms with Crippen LogP contribution in [0.3, 0.4) is 0 Å². The van der Waals surface area contributed by atoms with Gasteiger partial charge >= 0.3 is 0 Å². The molecule has 0 unspecified atom stereocenters. The third-order valence-corrected chi connectivity index (χ3v) is 5.59. The fraction of sp³-hybridized carbons (Fsp3) is 0.733. The smallest absolute Gasteiger partial charge is 0.157 e. The van der Waals surface area contributed by atoms with Gasteiger partial charge in [0, 0.05) is 30.1 Å². The summed E-state index contributed by atoms with van der Waals surface area (Å²) in [4.78, 5) is 4.78. The molecule has 1 saturated carbocycles. The molecule has 0 atom stereocenters. The highest BCUT2D eigenvalue weighted by Gasteiger charge is 2.37. The molecule has 2 fully saturated rings. The van der Waals surface area contributed by atoms with Gasteiger partial charge in [-0.2, -0.15) is 5.10 Å². The molecule has 5 heteroatoms. The van der Waals surface area contributed by atoms with Crippen molar-refractivity contribution >= 4 is 16.9 Å². The van der Waals surface area contributed by atoms with E-state index >= 15 is 0 Å². The van der Waals surface area contributed by atoms with Crippen LogP contribution in [0.5, 0.6) is 0 Å². The fourth-order valence-electron chi connectivity index (χ4n) is 3.26. The Hall–Kier alpha value is -0.970. The fourth-order valence-corrected chi connectivity index (χ4v) is 4.48. The number of aliphatic imine (C=N–C) groups is 1.